The molecule has 1 N–H and O–H groups in total. The van der Waals surface area contributed by atoms with Gasteiger partial charge < -0.3 is 5.32 Å². The first-order chi connectivity index (χ1) is 6.83. The number of allylic oxidation sites excluding steroid dienone is 1. The Balaban J connectivity index is 1.98. The molecule has 1 saturated carbocycles. The fourth-order valence-electron chi connectivity index (χ4n) is 1.96. The quantitative estimate of drug-likeness (QED) is 0.484. The van der Waals surface area contributed by atoms with Gasteiger partial charge in [-0.2, -0.15) is 0 Å². The Bertz CT molecular complexity index is 168. The van der Waals surface area contributed by atoms with Gasteiger partial charge in [-0.3, -0.25) is 0 Å². The summed E-state index contributed by atoms with van der Waals surface area (Å²) in [5.74, 6) is 1.02. The van der Waals surface area contributed by atoms with Crippen LogP contribution < -0.4 is 5.32 Å². The van der Waals surface area contributed by atoms with Gasteiger partial charge in [0.2, 0.25) is 0 Å². The van der Waals surface area contributed by atoms with Crippen LogP contribution in [0.3, 0.4) is 0 Å². The van der Waals surface area contributed by atoms with Gasteiger partial charge in [-0.25, -0.2) is 0 Å². The van der Waals surface area contributed by atoms with Crippen molar-refractivity contribution in [2.24, 2.45) is 5.92 Å². The second kappa shape index (κ2) is 7.05. The molecule has 1 aliphatic rings. The molecule has 0 aliphatic heterocycles. The van der Waals surface area contributed by atoms with Gasteiger partial charge in [0.1, 0.15) is 0 Å². The minimum Gasteiger partial charge on any atom is -0.316 e. The van der Waals surface area contributed by atoms with E-state index < -0.39 is 0 Å². The molecule has 82 valence electrons. The molecule has 1 nitrogen and oxygen atoms in total. The Morgan fingerprint density at radius 2 is 2.14 bits per heavy atom. The van der Waals surface area contributed by atoms with Crippen LogP contribution in [0.5, 0.6) is 0 Å². The van der Waals surface area contributed by atoms with Crippen molar-refractivity contribution in [3.05, 3.63) is 11.6 Å². The molecule has 0 heterocycles. The zero-order valence-corrected chi connectivity index (χ0v) is 9.81. The number of hydrogen-bond donors (Lipinski definition) is 1. The largest absolute Gasteiger partial charge is 0.316 e. The highest BCUT2D eigenvalue weighted by molar-refractivity contribution is 5.00. The summed E-state index contributed by atoms with van der Waals surface area (Å²) in [5, 5.41) is 3.43. The fourth-order valence-corrected chi connectivity index (χ4v) is 1.96. The van der Waals surface area contributed by atoms with Crippen molar-refractivity contribution in [3.8, 4) is 0 Å². The minimum absolute atomic E-state index is 1.02. The highest BCUT2D eigenvalue weighted by Gasteiger charge is 2.16. The molecule has 14 heavy (non-hydrogen) atoms. The number of rotatable bonds is 7. The van der Waals surface area contributed by atoms with Crippen molar-refractivity contribution >= 4 is 0 Å². The lowest BCUT2D eigenvalue weighted by molar-refractivity contribution is 0.313. The summed E-state index contributed by atoms with van der Waals surface area (Å²) in [6.07, 6.45) is 10.6. The molecule has 1 aliphatic carbocycles. The van der Waals surface area contributed by atoms with Gasteiger partial charge in [-0.1, -0.05) is 37.8 Å². The van der Waals surface area contributed by atoms with Crippen LogP contribution in [0.2, 0.25) is 0 Å². The predicted molar refractivity (Wildman–Crippen MR) is 63.5 cm³/mol. The van der Waals surface area contributed by atoms with E-state index in [2.05, 4.69) is 25.2 Å². The first kappa shape index (κ1) is 11.8. The maximum Gasteiger partial charge on any atom is -0.00142 e. The number of nitrogens with one attached hydrogen (secondary N) is 1. The lowest BCUT2D eigenvalue weighted by Crippen LogP contribution is -2.15. The third-order valence-electron chi connectivity index (χ3n) is 3.08. The van der Waals surface area contributed by atoms with Crippen molar-refractivity contribution in [1.29, 1.82) is 0 Å². The smallest absolute Gasteiger partial charge is 0.00142 e. The van der Waals surface area contributed by atoms with Gasteiger partial charge in [0.25, 0.3) is 0 Å². The zero-order chi connectivity index (χ0) is 10.2. The maximum absolute atomic E-state index is 3.43. The Morgan fingerprint density at radius 1 is 1.36 bits per heavy atom. The molecule has 1 heteroatoms. The van der Waals surface area contributed by atoms with Gasteiger partial charge in [0.05, 0.1) is 0 Å². The maximum atomic E-state index is 3.43. The molecule has 0 aromatic rings. The molecule has 0 radical (unpaired) electrons. The molecular weight excluding hydrogens is 170 g/mol. The standard InChI is InChI=1S/C13H25N/c1-3-9-14-10-5-6-12(2)11-13-7-4-8-13/h6,13-14H,3-5,7-11H2,1-2H3. The SMILES string of the molecule is CCCNCCC=C(C)CC1CCC1. The van der Waals surface area contributed by atoms with Crippen LogP contribution in [-0.4, -0.2) is 13.1 Å². The Hall–Kier alpha value is -0.300. The molecular formula is C13H25N. The van der Waals surface area contributed by atoms with E-state index in [1.807, 2.05) is 0 Å². The summed E-state index contributed by atoms with van der Waals surface area (Å²) >= 11 is 0. The van der Waals surface area contributed by atoms with Crippen LogP contribution in [0.25, 0.3) is 0 Å². The van der Waals surface area contributed by atoms with Gasteiger partial charge in [-0.15, -0.1) is 0 Å². The van der Waals surface area contributed by atoms with Crippen molar-refractivity contribution in [2.75, 3.05) is 13.1 Å². The third kappa shape index (κ3) is 4.80. The van der Waals surface area contributed by atoms with Gasteiger partial charge >= 0.3 is 0 Å². The number of hydrogen-bond acceptors (Lipinski definition) is 1. The summed E-state index contributed by atoms with van der Waals surface area (Å²) in [6, 6.07) is 0. The molecule has 0 bridgehead atoms. The lowest BCUT2D eigenvalue weighted by Gasteiger charge is -2.25. The Kier molecular flexibility index (Phi) is 5.93. The molecule has 1 fully saturated rings. The summed E-state index contributed by atoms with van der Waals surface area (Å²) in [4.78, 5) is 0. The monoisotopic (exact) mass is 195 g/mol. The average Bonchev–Trinajstić information content (AvgIpc) is 2.11. The summed E-state index contributed by atoms with van der Waals surface area (Å²) in [7, 11) is 0. The summed E-state index contributed by atoms with van der Waals surface area (Å²) < 4.78 is 0. The van der Waals surface area contributed by atoms with E-state index in [1.54, 1.807) is 5.57 Å². The molecule has 0 unspecified atom stereocenters. The second-order valence-electron chi connectivity index (χ2n) is 4.59. The molecule has 0 amide bonds. The van der Waals surface area contributed by atoms with E-state index in [-0.39, 0.29) is 0 Å². The van der Waals surface area contributed by atoms with E-state index in [1.165, 1.54) is 38.5 Å². The predicted octanol–water partition coefficient (Wildman–Crippen LogP) is 3.51. The van der Waals surface area contributed by atoms with Crippen molar-refractivity contribution in [2.45, 2.75) is 52.4 Å². The Morgan fingerprint density at radius 3 is 2.71 bits per heavy atom. The van der Waals surface area contributed by atoms with Gasteiger partial charge in [0, 0.05) is 0 Å². The van der Waals surface area contributed by atoms with E-state index in [0.717, 1.165) is 19.0 Å². The topological polar surface area (TPSA) is 12.0 Å². The highest BCUT2D eigenvalue weighted by Crippen LogP contribution is 2.31. The van der Waals surface area contributed by atoms with E-state index in [4.69, 9.17) is 0 Å². The van der Waals surface area contributed by atoms with Crippen LogP contribution >= 0.6 is 0 Å². The second-order valence-corrected chi connectivity index (χ2v) is 4.59. The van der Waals surface area contributed by atoms with Crippen molar-refractivity contribution in [1.82, 2.24) is 5.32 Å². The molecule has 0 aromatic carbocycles. The van der Waals surface area contributed by atoms with Crippen molar-refractivity contribution in [3.63, 3.8) is 0 Å². The van der Waals surface area contributed by atoms with E-state index in [9.17, 15) is 0 Å². The summed E-state index contributed by atoms with van der Waals surface area (Å²) in [6.45, 7) is 6.81. The fraction of sp³-hybridized carbons (Fsp3) is 0.846. The van der Waals surface area contributed by atoms with Crippen molar-refractivity contribution < 1.29 is 0 Å². The summed E-state index contributed by atoms with van der Waals surface area (Å²) in [5.41, 5.74) is 1.60. The van der Waals surface area contributed by atoms with Crippen LogP contribution in [-0.2, 0) is 0 Å². The van der Waals surface area contributed by atoms with E-state index >= 15 is 0 Å². The molecule has 0 spiro atoms. The van der Waals surface area contributed by atoms with E-state index in [0.29, 0.717) is 0 Å². The molecule has 0 aromatic heterocycles. The van der Waals surface area contributed by atoms with Crippen LogP contribution in [0.1, 0.15) is 52.4 Å². The van der Waals surface area contributed by atoms with Crippen LogP contribution in [0.4, 0.5) is 0 Å². The first-order valence-electron chi connectivity index (χ1n) is 6.19. The van der Waals surface area contributed by atoms with Crippen LogP contribution in [0.15, 0.2) is 11.6 Å². The molecule has 0 atom stereocenters. The normalized spacial score (nSPS) is 18.3. The third-order valence-corrected chi connectivity index (χ3v) is 3.08. The average molecular weight is 195 g/mol. The zero-order valence-electron chi connectivity index (χ0n) is 9.81. The molecule has 1 rings (SSSR count). The van der Waals surface area contributed by atoms with Gasteiger partial charge in [0.15, 0.2) is 0 Å². The van der Waals surface area contributed by atoms with Gasteiger partial charge in [-0.05, 0) is 45.2 Å². The highest BCUT2D eigenvalue weighted by atomic mass is 14.8. The lowest BCUT2D eigenvalue weighted by atomic mass is 9.81. The van der Waals surface area contributed by atoms with Crippen LogP contribution in [0, 0.1) is 5.92 Å². The first-order valence-corrected chi connectivity index (χ1v) is 6.19. The minimum atomic E-state index is 1.02. The molecule has 0 saturated heterocycles. The Labute approximate surface area is 89.0 Å².